The molecule has 0 saturated heterocycles. The summed E-state index contributed by atoms with van der Waals surface area (Å²) in [6.45, 7) is 1.43. The normalized spacial score (nSPS) is 13.4. The van der Waals surface area contributed by atoms with Crippen molar-refractivity contribution in [2.75, 3.05) is 10.6 Å². The molecule has 3 aromatic carbocycles. The number of anilines is 2. The van der Waals surface area contributed by atoms with Crippen LogP contribution in [-0.4, -0.2) is 17.6 Å². The lowest BCUT2D eigenvalue weighted by Gasteiger charge is -2.14. The standard InChI is InChI=1S/C20H14N2O3/c1-11(23)12-4-7-17-18(10-12)20(25)22(19(17)24)16-6-3-13-8-15(21)5-2-14(13)9-16/h2-10H,21H2,1H3. The lowest BCUT2D eigenvalue weighted by molar-refractivity contribution is 0.0925. The Labute approximate surface area is 143 Å². The molecule has 0 bridgehead atoms. The van der Waals surface area contributed by atoms with Crippen LogP contribution in [0.15, 0.2) is 54.6 Å². The summed E-state index contributed by atoms with van der Waals surface area (Å²) in [5.74, 6) is -0.951. The summed E-state index contributed by atoms with van der Waals surface area (Å²) in [4.78, 5) is 38.1. The van der Waals surface area contributed by atoms with Crippen LogP contribution in [0, 0.1) is 0 Å². The second-order valence-electron chi connectivity index (χ2n) is 6.05. The number of hydrogen-bond donors (Lipinski definition) is 1. The van der Waals surface area contributed by atoms with Crippen molar-refractivity contribution in [2.45, 2.75) is 6.92 Å². The van der Waals surface area contributed by atoms with E-state index in [-0.39, 0.29) is 17.3 Å². The predicted molar refractivity (Wildman–Crippen MR) is 95.9 cm³/mol. The number of carbonyl (C=O) groups excluding carboxylic acids is 3. The number of nitrogen functional groups attached to an aromatic ring is 1. The van der Waals surface area contributed by atoms with E-state index in [1.165, 1.54) is 19.1 Å². The quantitative estimate of drug-likeness (QED) is 0.443. The lowest BCUT2D eigenvalue weighted by Crippen LogP contribution is -2.29. The van der Waals surface area contributed by atoms with E-state index >= 15 is 0 Å². The van der Waals surface area contributed by atoms with Gasteiger partial charge < -0.3 is 5.73 Å². The molecule has 3 aromatic rings. The fourth-order valence-corrected chi connectivity index (χ4v) is 3.09. The van der Waals surface area contributed by atoms with Crippen molar-refractivity contribution in [1.29, 1.82) is 0 Å². The van der Waals surface area contributed by atoms with E-state index in [0.717, 1.165) is 15.7 Å². The molecule has 0 aliphatic carbocycles. The number of carbonyl (C=O) groups is 3. The average Bonchev–Trinajstić information content (AvgIpc) is 2.85. The highest BCUT2D eigenvalue weighted by atomic mass is 16.2. The highest BCUT2D eigenvalue weighted by molar-refractivity contribution is 6.35. The summed E-state index contributed by atoms with van der Waals surface area (Å²) in [5, 5.41) is 1.81. The van der Waals surface area contributed by atoms with Crippen LogP contribution < -0.4 is 10.6 Å². The molecule has 0 spiro atoms. The Morgan fingerprint density at radius 3 is 2.28 bits per heavy atom. The van der Waals surface area contributed by atoms with Crippen molar-refractivity contribution in [2.24, 2.45) is 0 Å². The van der Waals surface area contributed by atoms with Crippen molar-refractivity contribution in [1.82, 2.24) is 0 Å². The van der Waals surface area contributed by atoms with Gasteiger partial charge in [-0.3, -0.25) is 14.4 Å². The second-order valence-corrected chi connectivity index (χ2v) is 6.05. The van der Waals surface area contributed by atoms with Gasteiger partial charge in [0.1, 0.15) is 0 Å². The Kier molecular flexibility index (Phi) is 3.18. The zero-order valence-corrected chi connectivity index (χ0v) is 13.4. The van der Waals surface area contributed by atoms with Gasteiger partial charge in [-0.05, 0) is 54.1 Å². The van der Waals surface area contributed by atoms with Gasteiger partial charge in [0.15, 0.2) is 5.78 Å². The van der Waals surface area contributed by atoms with E-state index in [2.05, 4.69) is 0 Å². The molecule has 0 saturated carbocycles. The fourth-order valence-electron chi connectivity index (χ4n) is 3.09. The van der Waals surface area contributed by atoms with Gasteiger partial charge in [-0.1, -0.05) is 18.2 Å². The van der Waals surface area contributed by atoms with Crippen LogP contribution in [-0.2, 0) is 0 Å². The number of hydrogen-bond acceptors (Lipinski definition) is 4. The number of imide groups is 1. The van der Waals surface area contributed by atoms with Crippen molar-refractivity contribution >= 4 is 39.7 Å². The molecule has 0 unspecified atom stereocenters. The number of fused-ring (bicyclic) bond motifs is 2. The van der Waals surface area contributed by atoms with Crippen molar-refractivity contribution in [3.8, 4) is 0 Å². The predicted octanol–water partition coefficient (Wildman–Crippen LogP) is 3.43. The van der Waals surface area contributed by atoms with Gasteiger partial charge >= 0.3 is 0 Å². The van der Waals surface area contributed by atoms with Crippen LogP contribution in [0.3, 0.4) is 0 Å². The van der Waals surface area contributed by atoms with Crippen LogP contribution >= 0.6 is 0 Å². The zero-order chi connectivity index (χ0) is 17.7. The maximum absolute atomic E-state index is 12.7. The molecule has 25 heavy (non-hydrogen) atoms. The number of benzene rings is 3. The average molecular weight is 330 g/mol. The summed E-state index contributed by atoms with van der Waals surface area (Å²) in [5.41, 5.74) is 7.91. The third-order valence-electron chi connectivity index (χ3n) is 4.40. The molecule has 2 amide bonds. The molecule has 4 rings (SSSR count). The van der Waals surface area contributed by atoms with Crippen LogP contribution in [0.4, 0.5) is 11.4 Å². The maximum Gasteiger partial charge on any atom is 0.266 e. The van der Waals surface area contributed by atoms with Crippen LogP contribution in [0.2, 0.25) is 0 Å². The second kappa shape index (κ2) is 5.27. The molecule has 2 N–H and O–H groups in total. The monoisotopic (exact) mass is 330 g/mol. The number of ketones is 1. The molecule has 0 atom stereocenters. The first-order chi connectivity index (χ1) is 12.0. The zero-order valence-electron chi connectivity index (χ0n) is 13.4. The number of nitrogens with zero attached hydrogens (tertiary/aromatic N) is 1. The molecule has 122 valence electrons. The van der Waals surface area contributed by atoms with E-state index in [1.54, 1.807) is 24.3 Å². The number of Topliss-reactive ketones (excluding diaryl/α,β-unsaturated/α-hetero) is 1. The Balaban J connectivity index is 1.81. The molecule has 1 aliphatic heterocycles. The molecule has 0 radical (unpaired) electrons. The largest absolute Gasteiger partial charge is 0.399 e. The van der Waals surface area contributed by atoms with Crippen LogP contribution in [0.5, 0.6) is 0 Å². The van der Waals surface area contributed by atoms with Crippen LogP contribution in [0.1, 0.15) is 38.0 Å². The highest BCUT2D eigenvalue weighted by Crippen LogP contribution is 2.31. The third kappa shape index (κ3) is 2.29. The lowest BCUT2D eigenvalue weighted by atomic mass is 10.0. The van der Waals surface area contributed by atoms with Crippen molar-refractivity contribution in [3.05, 3.63) is 71.3 Å². The molecule has 0 fully saturated rings. The number of nitrogens with two attached hydrogens (primary N) is 1. The van der Waals surface area contributed by atoms with Crippen molar-refractivity contribution < 1.29 is 14.4 Å². The molecular weight excluding hydrogens is 316 g/mol. The van der Waals surface area contributed by atoms with Gasteiger partial charge in [0.05, 0.1) is 16.8 Å². The minimum absolute atomic E-state index is 0.148. The minimum atomic E-state index is -0.419. The van der Waals surface area contributed by atoms with Gasteiger partial charge in [0.2, 0.25) is 0 Å². The molecule has 5 heteroatoms. The summed E-state index contributed by atoms with van der Waals surface area (Å²) < 4.78 is 0. The first-order valence-corrected chi connectivity index (χ1v) is 7.79. The third-order valence-corrected chi connectivity index (χ3v) is 4.40. The Morgan fingerprint density at radius 1 is 0.840 bits per heavy atom. The molecular formula is C20H14N2O3. The van der Waals surface area contributed by atoms with Gasteiger partial charge in [-0.25, -0.2) is 4.90 Å². The van der Waals surface area contributed by atoms with Gasteiger partial charge in [0, 0.05) is 11.3 Å². The fraction of sp³-hybridized carbons (Fsp3) is 0.0500. The van der Waals surface area contributed by atoms with E-state index in [4.69, 9.17) is 5.73 Å². The smallest absolute Gasteiger partial charge is 0.266 e. The van der Waals surface area contributed by atoms with Crippen LogP contribution in [0.25, 0.3) is 10.8 Å². The Bertz CT molecular complexity index is 1090. The van der Waals surface area contributed by atoms with E-state index < -0.39 is 5.91 Å². The van der Waals surface area contributed by atoms with Gasteiger partial charge in [-0.2, -0.15) is 0 Å². The molecule has 5 nitrogen and oxygen atoms in total. The SMILES string of the molecule is CC(=O)c1ccc2c(c1)C(=O)N(c1ccc3cc(N)ccc3c1)C2=O. The highest BCUT2D eigenvalue weighted by Gasteiger charge is 2.37. The summed E-state index contributed by atoms with van der Waals surface area (Å²) in [6, 6.07) is 15.4. The number of rotatable bonds is 2. The molecule has 0 aromatic heterocycles. The van der Waals surface area contributed by atoms with Gasteiger partial charge in [0.25, 0.3) is 11.8 Å². The van der Waals surface area contributed by atoms with E-state index in [1.807, 2.05) is 18.2 Å². The molecule has 1 heterocycles. The maximum atomic E-state index is 12.7. The first kappa shape index (κ1) is 15.1. The van der Waals surface area contributed by atoms with Gasteiger partial charge in [-0.15, -0.1) is 0 Å². The number of amides is 2. The summed E-state index contributed by atoms with van der Waals surface area (Å²) in [6.07, 6.45) is 0. The summed E-state index contributed by atoms with van der Waals surface area (Å²) >= 11 is 0. The summed E-state index contributed by atoms with van der Waals surface area (Å²) in [7, 11) is 0. The van der Waals surface area contributed by atoms with E-state index in [9.17, 15) is 14.4 Å². The van der Waals surface area contributed by atoms with E-state index in [0.29, 0.717) is 22.5 Å². The Hall–Kier alpha value is -3.47. The Morgan fingerprint density at radius 2 is 1.52 bits per heavy atom. The topological polar surface area (TPSA) is 80.5 Å². The van der Waals surface area contributed by atoms with Crippen molar-refractivity contribution in [3.63, 3.8) is 0 Å². The first-order valence-electron chi connectivity index (χ1n) is 7.79. The molecule has 1 aliphatic rings. The minimum Gasteiger partial charge on any atom is -0.399 e.